The first kappa shape index (κ1) is 13.6. The zero-order chi connectivity index (χ0) is 12.8. The number of nitrogens with zero attached hydrogens (tertiary/aromatic N) is 1. The first-order valence-electron chi connectivity index (χ1n) is 4.96. The molecule has 0 aliphatic carbocycles. The monoisotopic (exact) mass is 259 g/mol. The van der Waals surface area contributed by atoms with Gasteiger partial charge in [0.25, 0.3) is 5.91 Å². The normalized spacial score (nSPS) is 11.9. The van der Waals surface area contributed by atoms with Crippen molar-refractivity contribution in [2.45, 2.75) is 0 Å². The fourth-order valence-corrected chi connectivity index (χ4v) is 1.59. The zero-order valence-electron chi connectivity index (χ0n) is 9.62. The molecule has 0 bridgehead atoms. The summed E-state index contributed by atoms with van der Waals surface area (Å²) in [6, 6.07) is 1.30. The highest BCUT2D eigenvalue weighted by atomic mass is 32.2. The Hall–Kier alpha value is -1.50. The van der Waals surface area contributed by atoms with Crippen LogP contribution in [0.25, 0.3) is 0 Å². The molecular formula is C10H14FN3O2S. The second kappa shape index (κ2) is 6.29. The third kappa shape index (κ3) is 3.77. The third-order valence-corrected chi connectivity index (χ3v) is 2.82. The molecule has 0 aromatic carbocycles. The van der Waals surface area contributed by atoms with Gasteiger partial charge in [-0.25, -0.2) is 9.37 Å². The van der Waals surface area contributed by atoms with E-state index in [-0.39, 0.29) is 17.9 Å². The summed E-state index contributed by atoms with van der Waals surface area (Å²) in [7, 11) is 0.538. The van der Waals surface area contributed by atoms with Crippen molar-refractivity contribution in [2.75, 3.05) is 30.9 Å². The molecule has 1 heterocycles. The number of nitrogens with one attached hydrogen (secondary N) is 2. The third-order valence-electron chi connectivity index (χ3n) is 2.05. The van der Waals surface area contributed by atoms with E-state index in [1.54, 1.807) is 0 Å². The van der Waals surface area contributed by atoms with Crippen LogP contribution in [-0.2, 0) is 10.8 Å². The van der Waals surface area contributed by atoms with E-state index in [2.05, 4.69) is 15.6 Å². The summed E-state index contributed by atoms with van der Waals surface area (Å²) >= 11 is 0. The van der Waals surface area contributed by atoms with Crippen molar-refractivity contribution in [3.05, 3.63) is 23.6 Å². The zero-order valence-corrected chi connectivity index (χ0v) is 10.4. The summed E-state index contributed by atoms with van der Waals surface area (Å²) in [5.41, 5.74) is -0.0776. The highest BCUT2D eigenvalue weighted by Crippen LogP contribution is 2.13. The van der Waals surface area contributed by atoms with E-state index in [0.717, 1.165) is 0 Å². The Morgan fingerprint density at radius 3 is 2.88 bits per heavy atom. The van der Waals surface area contributed by atoms with Gasteiger partial charge in [-0.1, -0.05) is 0 Å². The maximum Gasteiger partial charge on any atom is 0.254 e. The minimum Gasteiger partial charge on any atom is -0.371 e. The Balaban J connectivity index is 2.72. The number of pyridine rings is 1. The Bertz CT molecular complexity index is 440. The summed E-state index contributed by atoms with van der Waals surface area (Å²) < 4.78 is 24.5. The molecule has 1 amide bonds. The largest absolute Gasteiger partial charge is 0.371 e. The van der Waals surface area contributed by atoms with Crippen molar-refractivity contribution >= 4 is 22.5 Å². The highest BCUT2D eigenvalue weighted by molar-refractivity contribution is 7.84. The summed E-state index contributed by atoms with van der Waals surface area (Å²) in [5.74, 6) is -0.856. The molecule has 94 valence electrons. The molecule has 1 aromatic rings. The van der Waals surface area contributed by atoms with Crippen LogP contribution in [0.4, 0.5) is 10.2 Å². The Kier molecular flexibility index (Phi) is 5.02. The van der Waals surface area contributed by atoms with Crippen LogP contribution < -0.4 is 10.6 Å². The number of carbonyl (C=O) groups excluding carboxylic acids is 1. The molecule has 1 rings (SSSR count). The van der Waals surface area contributed by atoms with Crippen molar-refractivity contribution in [3.63, 3.8) is 0 Å². The first-order chi connectivity index (χ1) is 8.06. The predicted octanol–water partition coefficient (Wildman–Crippen LogP) is 0.371. The van der Waals surface area contributed by atoms with Crippen LogP contribution in [0.15, 0.2) is 12.3 Å². The van der Waals surface area contributed by atoms with Crippen molar-refractivity contribution in [1.82, 2.24) is 10.3 Å². The van der Waals surface area contributed by atoms with Gasteiger partial charge in [-0.3, -0.25) is 9.00 Å². The second-order valence-corrected chi connectivity index (χ2v) is 4.86. The summed E-state index contributed by atoms with van der Waals surface area (Å²) in [6.07, 6.45) is 2.89. The molecule has 5 nitrogen and oxygen atoms in total. The van der Waals surface area contributed by atoms with Crippen molar-refractivity contribution < 1.29 is 13.4 Å². The van der Waals surface area contributed by atoms with E-state index >= 15 is 0 Å². The van der Waals surface area contributed by atoms with Crippen LogP contribution in [0.2, 0.25) is 0 Å². The second-order valence-electron chi connectivity index (χ2n) is 3.30. The molecular weight excluding hydrogens is 245 g/mol. The number of hydrogen-bond donors (Lipinski definition) is 2. The molecule has 0 fully saturated rings. The number of amides is 1. The Morgan fingerprint density at radius 2 is 2.29 bits per heavy atom. The van der Waals surface area contributed by atoms with Gasteiger partial charge in [0.15, 0.2) is 11.6 Å². The fraction of sp³-hybridized carbons (Fsp3) is 0.400. The molecule has 1 unspecified atom stereocenters. The van der Waals surface area contributed by atoms with Gasteiger partial charge in [-0.2, -0.15) is 0 Å². The average Bonchev–Trinajstić information content (AvgIpc) is 2.28. The van der Waals surface area contributed by atoms with Crippen LogP contribution in [0, 0.1) is 5.82 Å². The van der Waals surface area contributed by atoms with Gasteiger partial charge < -0.3 is 10.6 Å². The molecule has 7 heteroatoms. The molecule has 1 aromatic heterocycles. The summed E-state index contributed by atoms with van der Waals surface area (Å²) in [5, 5.41) is 5.04. The maximum atomic E-state index is 13.7. The Morgan fingerprint density at radius 1 is 1.59 bits per heavy atom. The number of carbonyl (C=O) groups is 1. The molecule has 0 aliphatic rings. The molecule has 0 spiro atoms. The lowest BCUT2D eigenvalue weighted by Crippen LogP contribution is -2.28. The predicted molar refractivity (Wildman–Crippen MR) is 65.0 cm³/mol. The molecule has 1 atom stereocenters. The molecule has 0 aliphatic heterocycles. The Labute approximate surface area is 101 Å². The molecule has 2 N–H and O–H groups in total. The van der Waals surface area contributed by atoms with Crippen LogP contribution in [0.5, 0.6) is 0 Å². The van der Waals surface area contributed by atoms with E-state index in [1.165, 1.54) is 25.6 Å². The molecule has 0 saturated heterocycles. The van der Waals surface area contributed by atoms with Gasteiger partial charge >= 0.3 is 0 Å². The number of anilines is 1. The van der Waals surface area contributed by atoms with Crippen LogP contribution in [0.3, 0.4) is 0 Å². The van der Waals surface area contributed by atoms with Gasteiger partial charge in [-0.15, -0.1) is 0 Å². The van der Waals surface area contributed by atoms with Gasteiger partial charge in [-0.05, 0) is 6.07 Å². The molecule has 0 saturated carbocycles. The van der Waals surface area contributed by atoms with Gasteiger partial charge in [0, 0.05) is 42.6 Å². The van der Waals surface area contributed by atoms with Crippen molar-refractivity contribution in [1.29, 1.82) is 0 Å². The maximum absolute atomic E-state index is 13.7. The van der Waals surface area contributed by atoms with E-state index in [0.29, 0.717) is 5.75 Å². The smallest absolute Gasteiger partial charge is 0.254 e. The van der Waals surface area contributed by atoms with E-state index < -0.39 is 22.5 Å². The number of rotatable bonds is 5. The standard InChI is InChI=1S/C10H14FN3O2S/c1-12-9-8(11)7(3-4-13-9)10(15)14-5-6-17(2)16/h3-4H,5-6H2,1-2H3,(H,12,13)(H,14,15). The number of aromatic nitrogens is 1. The minimum atomic E-state index is -0.983. The number of hydrogen-bond acceptors (Lipinski definition) is 4. The lowest BCUT2D eigenvalue weighted by Gasteiger charge is -2.07. The lowest BCUT2D eigenvalue weighted by molar-refractivity contribution is 0.0952. The SMILES string of the molecule is CNc1nccc(C(=O)NCCS(C)=O)c1F. The number of halogens is 1. The minimum absolute atomic E-state index is 0.0247. The topological polar surface area (TPSA) is 71.1 Å². The van der Waals surface area contributed by atoms with E-state index in [4.69, 9.17) is 0 Å². The fourth-order valence-electron chi connectivity index (χ4n) is 1.20. The lowest BCUT2D eigenvalue weighted by atomic mass is 10.2. The van der Waals surface area contributed by atoms with Crippen LogP contribution in [0.1, 0.15) is 10.4 Å². The molecule has 0 radical (unpaired) electrons. The van der Waals surface area contributed by atoms with Gasteiger partial charge in [0.1, 0.15) is 0 Å². The van der Waals surface area contributed by atoms with Crippen molar-refractivity contribution in [3.8, 4) is 0 Å². The van der Waals surface area contributed by atoms with Gasteiger partial charge in [0.05, 0.1) is 5.56 Å². The molecule has 17 heavy (non-hydrogen) atoms. The average molecular weight is 259 g/mol. The van der Waals surface area contributed by atoms with E-state index in [1.807, 2.05) is 0 Å². The van der Waals surface area contributed by atoms with Gasteiger partial charge in [0.2, 0.25) is 0 Å². The highest BCUT2D eigenvalue weighted by Gasteiger charge is 2.14. The summed E-state index contributed by atoms with van der Waals surface area (Å²) in [4.78, 5) is 15.3. The summed E-state index contributed by atoms with van der Waals surface area (Å²) in [6.45, 7) is 0.249. The van der Waals surface area contributed by atoms with Crippen molar-refractivity contribution in [2.24, 2.45) is 0 Å². The van der Waals surface area contributed by atoms with Crippen LogP contribution in [-0.4, -0.2) is 40.7 Å². The first-order valence-corrected chi connectivity index (χ1v) is 6.69. The van der Waals surface area contributed by atoms with Crippen LogP contribution >= 0.6 is 0 Å². The quantitative estimate of drug-likeness (QED) is 0.801. The van der Waals surface area contributed by atoms with E-state index in [9.17, 15) is 13.4 Å².